The summed E-state index contributed by atoms with van der Waals surface area (Å²) in [5.41, 5.74) is 3.22. The molecular formula is C29H28F4N2O2. The van der Waals surface area contributed by atoms with E-state index in [1.165, 1.54) is 6.07 Å². The standard InChI is InChI=1S/C29H28F4N2O2/c1-36-14-2-3-21-17-34-27(35-18-21)13-7-19-5-11-24-23(15-19)10-9-22(28(24)31)8-4-20-6-12-26(25(30)16-20)37-29(32)33/h5-6,9-12,15-18,29H,2-4,7-8,13-14H2,1H3. The quantitative estimate of drug-likeness (QED) is 0.157. The Balaban J connectivity index is 1.37. The van der Waals surface area contributed by atoms with Crippen molar-refractivity contribution in [2.45, 2.75) is 45.1 Å². The van der Waals surface area contributed by atoms with Gasteiger partial charge in [-0.3, -0.25) is 0 Å². The lowest BCUT2D eigenvalue weighted by atomic mass is 9.98. The van der Waals surface area contributed by atoms with Crippen LogP contribution in [-0.2, 0) is 36.8 Å². The zero-order valence-electron chi connectivity index (χ0n) is 20.5. The van der Waals surface area contributed by atoms with Gasteiger partial charge in [-0.1, -0.05) is 36.4 Å². The summed E-state index contributed by atoms with van der Waals surface area (Å²) in [5.74, 6) is -0.919. The summed E-state index contributed by atoms with van der Waals surface area (Å²) in [6.07, 6.45) is 7.64. The second kappa shape index (κ2) is 12.6. The molecule has 0 fully saturated rings. The first-order valence-electron chi connectivity index (χ1n) is 12.1. The van der Waals surface area contributed by atoms with Crippen molar-refractivity contribution in [2.24, 2.45) is 0 Å². The van der Waals surface area contributed by atoms with Gasteiger partial charge in [-0.15, -0.1) is 0 Å². The fourth-order valence-corrected chi connectivity index (χ4v) is 4.22. The van der Waals surface area contributed by atoms with Gasteiger partial charge in [-0.2, -0.15) is 8.78 Å². The molecule has 0 aliphatic carbocycles. The van der Waals surface area contributed by atoms with Crippen LogP contribution < -0.4 is 4.74 Å². The zero-order valence-corrected chi connectivity index (χ0v) is 20.5. The van der Waals surface area contributed by atoms with Gasteiger partial charge in [0.1, 0.15) is 11.6 Å². The lowest BCUT2D eigenvalue weighted by molar-refractivity contribution is -0.0522. The number of hydrogen-bond acceptors (Lipinski definition) is 4. The highest BCUT2D eigenvalue weighted by Crippen LogP contribution is 2.25. The van der Waals surface area contributed by atoms with E-state index in [-0.39, 0.29) is 5.82 Å². The van der Waals surface area contributed by atoms with E-state index in [1.54, 1.807) is 19.2 Å². The third kappa shape index (κ3) is 7.26. The molecule has 1 heterocycles. The molecule has 4 aromatic rings. The van der Waals surface area contributed by atoms with Crippen molar-refractivity contribution < 1.29 is 27.0 Å². The molecule has 1 aromatic heterocycles. The van der Waals surface area contributed by atoms with E-state index < -0.39 is 18.2 Å². The largest absolute Gasteiger partial charge is 0.432 e. The van der Waals surface area contributed by atoms with Gasteiger partial charge in [-0.25, -0.2) is 18.7 Å². The second-order valence-electron chi connectivity index (χ2n) is 8.84. The molecule has 0 bridgehead atoms. The lowest BCUT2D eigenvalue weighted by Crippen LogP contribution is -2.04. The summed E-state index contributed by atoms with van der Waals surface area (Å²) in [7, 11) is 1.68. The minimum atomic E-state index is -3.09. The maximum absolute atomic E-state index is 15.2. The monoisotopic (exact) mass is 512 g/mol. The molecule has 8 heteroatoms. The molecule has 37 heavy (non-hydrogen) atoms. The Labute approximate surface area is 213 Å². The number of benzene rings is 3. The number of methoxy groups -OCH3 is 1. The fourth-order valence-electron chi connectivity index (χ4n) is 4.22. The zero-order chi connectivity index (χ0) is 26.2. The van der Waals surface area contributed by atoms with Crippen LogP contribution in [0.1, 0.15) is 34.5 Å². The van der Waals surface area contributed by atoms with E-state index in [0.717, 1.165) is 53.7 Å². The van der Waals surface area contributed by atoms with Crippen LogP contribution in [0.4, 0.5) is 17.6 Å². The molecule has 0 spiro atoms. The molecule has 0 N–H and O–H groups in total. The molecule has 0 aliphatic rings. The van der Waals surface area contributed by atoms with Gasteiger partial charge < -0.3 is 9.47 Å². The van der Waals surface area contributed by atoms with Crippen LogP contribution in [0.25, 0.3) is 10.8 Å². The molecule has 4 rings (SSSR count). The summed E-state index contributed by atoms with van der Waals surface area (Å²) in [4.78, 5) is 8.91. The Hall–Kier alpha value is -3.52. The highest BCUT2D eigenvalue weighted by atomic mass is 19.3. The highest BCUT2D eigenvalue weighted by Gasteiger charge is 2.12. The summed E-state index contributed by atoms with van der Waals surface area (Å²) in [6.45, 7) is -2.38. The molecular weight excluding hydrogens is 484 g/mol. The number of aryl methyl sites for hydroxylation is 5. The fraction of sp³-hybridized carbons (Fsp3) is 0.310. The van der Waals surface area contributed by atoms with Crippen LogP contribution in [-0.4, -0.2) is 30.3 Å². The first-order chi connectivity index (χ1) is 17.9. The van der Waals surface area contributed by atoms with Crippen LogP contribution in [0.15, 0.2) is 60.9 Å². The first kappa shape index (κ1) is 26.5. The smallest absolute Gasteiger partial charge is 0.387 e. The van der Waals surface area contributed by atoms with Crippen molar-refractivity contribution in [3.8, 4) is 5.75 Å². The molecule has 0 amide bonds. The van der Waals surface area contributed by atoms with Crippen LogP contribution in [0, 0.1) is 11.6 Å². The van der Waals surface area contributed by atoms with Crippen molar-refractivity contribution in [1.82, 2.24) is 9.97 Å². The van der Waals surface area contributed by atoms with Crippen LogP contribution >= 0.6 is 0 Å². The number of alkyl halides is 2. The van der Waals surface area contributed by atoms with Gasteiger partial charge in [-0.05, 0) is 71.9 Å². The predicted octanol–water partition coefficient (Wildman–Crippen LogP) is 6.66. The third-order valence-corrected chi connectivity index (χ3v) is 6.20. The minimum Gasteiger partial charge on any atom is -0.432 e. The van der Waals surface area contributed by atoms with Crippen LogP contribution in [0.5, 0.6) is 5.75 Å². The van der Waals surface area contributed by atoms with Gasteiger partial charge in [0, 0.05) is 37.9 Å². The van der Waals surface area contributed by atoms with Crippen LogP contribution in [0.3, 0.4) is 0 Å². The normalized spacial score (nSPS) is 11.4. The number of rotatable bonds is 12. The third-order valence-electron chi connectivity index (χ3n) is 6.20. The maximum Gasteiger partial charge on any atom is 0.387 e. The van der Waals surface area contributed by atoms with Crippen molar-refractivity contribution >= 4 is 10.8 Å². The molecule has 0 radical (unpaired) electrons. The Bertz CT molecular complexity index is 1330. The van der Waals surface area contributed by atoms with E-state index in [1.807, 2.05) is 30.6 Å². The van der Waals surface area contributed by atoms with Gasteiger partial charge in [0.2, 0.25) is 0 Å². The number of nitrogens with zero attached hydrogens (tertiary/aromatic N) is 2. The second-order valence-corrected chi connectivity index (χ2v) is 8.84. The Morgan fingerprint density at radius 2 is 1.51 bits per heavy atom. The Morgan fingerprint density at radius 1 is 0.784 bits per heavy atom. The van der Waals surface area contributed by atoms with Crippen molar-refractivity contribution in [3.63, 3.8) is 0 Å². The topological polar surface area (TPSA) is 44.2 Å². The van der Waals surface area contributed by atoms with E-state index in [9.17, 15) is 13.2 Å². The Morgan fingerprint density at radius 3 is 2.24 bits per heavy atom. The summed E-state index contributed by atoms with van der Waals surface area (Å²) in [6, 6.07) is 13.1. The average Bonchev–Trinajstić information content (AvgIpc) is 2.89. The maximum atomic E-state index is 15.2. The van der Waals surface area contributed by atoms with Crippen molar-refractivity contribution in [1.29, 1.82) is 0 Å². The number of hydrogen-bond donors (Lipinski definition) is 0. The predicted molar refractivity (Wildman–Crippen MR) is 134 cm³/mol. The summed E-state index contributed by atoms with van der Waals surface area (Å²) in [5, 5.41) is 1.32. The lowest BCUT2D eigenvalue weighted by Gasteiger charge is -2.10. The molecule has 0 unspecified atom stereocenters. The number of ether oxygens (including phenoxy) is 2. The molecule has 4 nitrogen and oxygen atoms in total. The molecule has 0 atom stereocenters. The SMILES string of the molecule is COCCCc1cnc(CCc2ccc3c(F)c(CCc4ccc(OC(F)F)c(F)c4)ccc3c2)nc1. The number of halogens is 4. The number of fused-ring (bicyclic) bond motifs is 1. The van der Waals surface area contributed by atoms with E-state index >= 15 is 4.39 Å². The average molecular weight is 513 g/mol. The van der Waals surface area contributed by atoms with Crippen molar-refractivity contribution in [3.05, 3.63) is 101 Å². The number of aromatic nitrogens is 2. The van der Waals surface area contributed by atoms with E-state index in [4.69, 9.17) is 4.74 Å². The molecule has 0 aliphatic heterocycles. The van der Waals surface area contributed by atoms with Gasteiger partial charge >= 0.3 is 6.61 Å². The first-order valence-corrected chi connectivity index (χ1v) is 12.1. The highest BCUT2D eigenvalue weighted by molar-refractivity contribution is 5.84. The van der Waals surface area contributed by atoms with Crippen molar-refractivity contribution in [2.75, 3.05) is 13.7 Å². The molecule has 0 saturated carbocycles. The molecule has 0 saturated heterocycles. The summed E-state index contributed by atoms with van der Waals surface area (Å²) < 4.78 is 63.0. The van der Waals surface area contributed by atoms with Gasteiger partial charge in [0.25, 0.3) is 0 Å². The molecule has 3 aromatic carbocycles. The molecule has 194 valence electrons. The van der Waals surface area contributed by atoms with Crippen LogP contribution in [0.2, 0.25) is 0 Å². The Kier molecular flexibility index (Phi) is 9.06. The van der Waals surface area contributed by atoms with E-state index in [0.29, 0.717) is 42.4 Å². The minimum absolute atomic E-state index is 0.311. The summed E-state index contributed by atoms with van der Waals surface area (Å²) >= 11 is 0. The van der Waals surface area contributed by atoms with Gasteiger partial charge in [0.05, 0.1) is 0 Å². The van der Waals surface area contributed by atoms with E-state index in [2.05, 4.69) is 14.7 Å². The van der Waals surface area contributed by atoms with Gasteiger partial charge in [0.15, 0.2) is 11.6 Å².